The summed E-state index contributed by atoms with van der Waals surface area (Å²) < 4.78 is 10.7. The van der Waals surface area contributed by atoms with Crippen molar-refractivity contribution >= 4 is 0 Å². The fourth-order valence-corrected chi connectivity index (χ4v) is 2.15. The summed E-state index contributed by atoms with van der Waals surface area (Å²) in [5, 5.41) is 0. The van der Waals surface area contributed by atoms with Gasteiger partial charge in [0.1, 0.15) is 0 Å². The van der Waals surface area contributed by atoms with Crippen LogP contribution in [0.1, 0.15) is 6.42 Å². The van der Waals surface area contributed by atoms with Crippen molar-refractivity contribution in [2.24, 2.45) is 11.7 Å². The van der Waals surface area contributed by atoms with Crippen LogP contribution in [0, 0.1) is 5.92 Å². The van der Waals surface area contributed by atoms with Crippen LogP contribution in [0.4, 0.5) is 0 Å². The molecule has 0 bridgehead atoms. The lowest BCUT2D eigenvalue weighted by molar-refractivity contribution is -0.0522. The molecule has 2 aliphatic heterocycles. The Bertz CT molecular complexity index is 183. The van der Waals surface area contributed by atoms with E-state index in [2.05, 4.69) is 4.90 Å². The zero-order valence-electron chi connectivity index (χ0n) is 8.82. The normalized spacial score (nSPS) is 35.6. The number of hydrogen-bond acceptors (Lipinski definition) is 4. The number of likely N-dealkylation sites (tertiary alicyclic amines) is 1. The molecule has 82 valence electrons. The molecule has 2 N–H and O–H groups in total. The van der Waals surface area contributed by atoms with E-state index in [1.54, 1.807) is 7.11 Å². The van der Waals surface area contributed by atoms with Gasteiger partial charge in [0.2, 0.25) is 0 Å². The Hall–Kier alpha value is -0.160. The Balaban J connectivity index is 1.69. The summed E-state index contributed by atoms with van der Waals surface area (Å²) in [5.41, 5.74) is 6.04. The molecule has 2 rings (SSSR count). The number of rotatable bonds is 3. The van der Waals surface area contributed by atoms with E-state index in [1.165, 1.54) is 0 Å². The molecule has 0 aliphatic carbocycles. The lowest BCUT2D eigenvalue weighted by Crippen LogP contribution is -2.56. The maximum Gasteiger partial charge on any atom is 0.0824 e. The highest BCUT2D eigenvalue weighted by molar-refractivity contribution is 4.86. The van der Waals surface area contributed by atoms with Gasteiger partial charge in [-0.25, -0.2) is 0 Å². The average Bonchev–Trinajstić information content (AvgIpc) is 2.13. The minimum atomic E-state index is 0.324. The molecule has 2 saturated heterocycles. The van der Waals surface area contributed by atoms with Crippen molar-refractivity contribution in [3.05, 3.63) is 0 Å². The van der Waals surface area contributed by atoms with Crippen molar-refractivity contribution in [3.63, 3.8) is 0 Å². The monoisotopic (exact) mass is 200 g/mol. The van der Waals surface area contributed by atoms with E-state index < -0.39 is 0 Å². The fourth-order valence-electron chi connectivity index (χ4n) is 2.15. The third-order valence-electron chi connectivity index (χ3n) is 3.28. The second-order valence-corrected chi connectivity index (χ2v) is 4.36. The highest BCUT2D eigenvalue weighted by Gasteiger charge is 2.31. The Morgan fingerprint density at radius 3 is 2.93 bits per heavy atom. The Kier molecular flexibility index (Phi) is 3.38. The predicted molar refractivity (Wildman–Crippen MR) is 54.1 cm³/mol. The Morgan fingerprint density at radius 1 is 1.50 bits per heavy atom. The van der Waals surface area contributed by atoms with Crippen LogP contribution in [0.15, 0.2) is 0 Å². The number of nitrogens with two attached hydrogens (primary N) is 1. The van der Waals surface area contributed by atoms with E-state index in [9.17, 15) is 0 Å². The second-order valence-electron chi connectivity index (χ2n) is 4.36. The average molecular weight is 200 g/mol. The number of ether oxygens (including phenoxy) is 2. The first kappa shape index (κ1) is 10.4. The smallest absolute Gasteiger partial charge is 0.0824 e. The highest BCUT2D eigenvalue weighted by atomic mass is 16.5. The van der Waals surface area contributed by atoms with E-state index >= 15 is 0 Å². The summed E-state index contributed by atoms with van der Waals surface area (Å²) in [5.74, 6) is 0.515. The van der Waals surface area contributed by atoms with Gasteiger partial charge in [-0.2, -0.15) is 0 Å². The SMILES string of the molecule is COC1CN(CC2COCCC2N)C1. The molecule has 0 spiro atoms. The van der Waals surface area contributed by atoms with Crippen molar-refractivity contribution in [3.8, 4) is 0 Å². The van der Waals surface area contributed by atoms with Crippen molar-refractivity contribution < 1.29 is 9.47 Å². The number of hydrogen-bond donors (Lipinski definition) is 1. The molecule has 2 unspecified atom stereocenters. The second kappa shape index (κ2) is 4.57. The molecule has 0 aromatic heterocycles. The quantitative estimate of drug-likeness (QED) is 0.678. The lowest BCUT2D eigenvalue weighted by atomic mass is 9.94. The Labute approximate surface area is 85.3 Å². The first-order chi connectivity index (χ1) is 6.79. The Morgan fingerprint density at radius 2 is 2.29 bits per heavy atom. The summed E-state index contributed by atoms with van der Waals surface area (Å²) in [6.45, 7) is 4.84. The largest absolute Gasteiger partial charge is 0.381 e. The van der Waals surface area contributed by atoms with Crippen LogP contribution in [0.2, 0.25) is 0 Å². The van der Waals surface area contributed by atoms with Gasteiger partial charge in [-0.05, 0) is 6.42 Å². The zero-order chi connectivity index (χ0) is 9.97. The van der Waals surface area contributed by atoms with E-state index in [0.717, 1.165) is 39.3 Å². The summed E-state index contributed by atoms with van der Waals surface area (Å²) >= 11 is 0. The third-order valence-corrected chi connectivity index (χ3v) is 3.28. The molecule has 4 nitrogen and oxygen atoms in total. The highest BCUT2D eigenvalue weighted by Crippen LogP contribution is 2.18. The number of methoxy groups -OCH3 is 1. The molecule has 0 radical (unpaired) electrons. The first-order valence-corrected chi connectivity index (χ1v) is 5.38. The topological polar surface area (TPSA) is 47.7 Å². The molecule has 14 heavy (non-hydrogen) atoms. The maximum atomic E-state index is 6.04. The van der Waals surface area contributed by atoms with Crippen LogP contribution in [0.3, 0.4) is 0 Å². The van der Waals surface area contributed by atoms with Crippen molar-refractivity contribution in [2.75, 3.05) is 40.0 Å². The fraction of sp³-hybridized carbons (Fsp3) is 1.00. The maximum absolute atomic E-state index is 6.04. The predicted octanol–water partition coefficient (Wildman–Crippen LogP) is -0.319. The molecule has 0 aromatic carbocycles. The van der Waals surface area contributed by atoms with E-state index in [1.807, 2.05) is 0 Å². The molecule has 2 heterocycles. The molecule has 0 amide bonds. The molecule has 0 aromatic rings. The van der Waals surface area contributed by atoms with Crippen molar-refractivity contribution in [1.29, 1.82) is 0 Å². The molecule has 2 fully saturated rings. The van der Waals surface area contributed by atoms with Gasteiger partial charge in [-0.1, -0.05) is 0 Å². The standard InChI is InChI=1S/C10H20N2O2/c1-13-9-5-12(6-9)4-8-7-14-3-2-10(8)11/h8-10H,2-7,11H2,1H3. The summed E-state index contributed by atoms with van der Waals surface area (Å²) in [4.78, 5) is 2.40. The van der Waals surface area contributed by atoms with Gasteiger partial charge < -0.3 is 15.2 Å². The van der Waals surface area contributed by atoms with Crippen LogP contribution in [0.5, 0.6) is 0 Å². The van der Waals surface area contributed by atoms with Gasteiger partial charge in [0.15, 0.2) is 0 Å². The first-order valence-electron chi connectivity index (χ1n) is 5.38. The van der Waals surface area contributed by atoms with E-state index in [-0.39, 0.29) is 0 Å². The van der Waals surface area contributed by atoms with Gasteiger partial charge in [-0.3, -0.25) is 4.90 Å². The molecule has 4 heteroatoms. The molecular weight excluding hydrogens is 180 g/mol. The van der Waals surface area contributed by atoms with Gasteiger partial charge >= 0.3 is 0 Å². The van der Waals surface area contributed by atoms with Crippen LogP contribution < -0.4 is 5.73 Å². The van der Waals surface area contributed by atoms with Crippen LogP contribution in [-0.4, -0.2) is 57.0 Å². The van der Waals surface area contributed by atoms with Gasteiger partial charge in [0, 0.05) is 45.3 Å². The molecule has 0 saturated carbocycles. The lowest BCUT2D eigenvalue weighted by Gasteiger charge is -2.42. The van der Waals surface area contributed by atoms with Gasteiger partial charge in [0.05, 0.1) is 12.7 Å². The van der Waals surface area contributed by atoms with E-state index in [4.69, 9.17) is 15.2 Å². The molecule has 2 aliphatic rings. The number of nitrogens with zero attached hydrogens (tertiary/aromatic N) is 1. The summed E-state index contributed by atoms with van der Waals surface area (Å²) in [6, 6.07) is 0.324. The third kappa shape index (κ3) is 2.25. The van der Waals surface area contributed by atoms with Crippen LogP contribution in [-0.2, 0) is 9.47 Å². The molecule has 2 atom stereocenters. The van der Waals surface area contributed by atoms with Crippen LogP contribution in [0.25, 0.3) is 0 Å². The van der Waals surface area contributed by atoms with E-state index in [0.29, 0.717) is 18.1 Å². The molecular formula is C10H20N2O2. The van der Waals surface area contributed by atoms with Crippen LogP contribution >= 0.6 is 0 Å². The minimum absolute atomic E-state index is 0.324. The summed E-state index contributed by atoms with van der Waals surface area (Å²) in [6.07, 6.45) is 1.45. The van der Waals surface area contributed by atoms with Gasteiger partial charge in [-0.15, -0.1) is 0 Å². The zero-order valence-corrected chi connectivity index (χ0v) is 8.82. The van der Waals surface area contributed by atoms with Crippen molar-refractivity contribution in [1.82, 2.24) is 4.90 Å². The summed E-state index contributed by atoms with van der Waals surface area (Å²) in [7, 11) is 1.78. The van der Waals surface area contributed by atoms with Crippen molar-refractivity contribution in [2.45, 2.75) is 18.6 Å². The minimum Gasteiger partial charge on any atom is -0.381 e. The van der Waals surface area contributed by atoms with Gasteiger partial charge in [0.25, 0.3) is 0 Å².